The quantitative estimate of drug-likeness (QED) is 0.668. The molecule has 0 aromatic heterocycles. The maximum absolute atomic E-state index is 11.9. The van der Waals surface area contributed by atoms with Gasteiger partial charge in [-0.1, -0.05) is 0 Å². The minimum absolute atomic E-state index is 0.0867. The number of nitrogens with one attached hydrogen (secondary N) is 1. The van der Waals surface area contributed by atoms with Crippen LogP contribution in [-0.4, -0.2) is 26.1 Å². The van der Waals surface area contributed by atoms with Gasteiger partial charge in [0.05, 0.1) is 4.90 Å². The molecule has 9 heteroatoms. The van der Waals surface area contributed by atoms with Gasteiger partial charge in [0.1, 0.15) is 5.75 Å². The molecule has 0 unspecified atom stereocenters. The lowest BCUT2D eigenvalue weighted by Gasteiger charge is -2.06. The Kier molecular flexibility index (Phi) is 4.30. The summed E-state index contributed by atoms with van der Waals surface area (Å²) in [5, 5.41) is 1.68. The number of anilines is 1. The molecule has 0 radical (unpaired) electrons. The van der Waals surface area contributed by atoms with E-state index >= 15 is 0 Å². The highest BCUT2D eigenvalue weighted by atomic mass is 79.9. The van der Waals surface area contributed by atoms with Gasteiger partial charge in [-0.25, -0.2) is 13.2 Å². The van der Waals surface area contributed by atoms with Crippen molar-refractivity contribution >= 4 is 43.4 Å². The molecule has 0 bridgehead atoms. The van der Waals surface area contributed by atoms with Crippen LogP contribution in [0.4, 0.5) is 10.5 Å². The zero-order valence-electron chi connectivity index (χ0n) is 9.01. The molecule has 0 aliphatic rings. The fourth-order valence-corrected chi connectivity index (χ4v) is 3.53. The first kappa shape index (κ1) is 14.5. The molecule has 0 aliphatic heterocycles. The smallest absolute Gasteiger partial charge is 0.318 e. The van der Waals surface area contributed by atoms with Gasteiger partial charge in [0.2, 0.25) is 5.91 Å². The standard InChI is InChI=1S/C9H10BrN3O4S/c10-6-3-5(11)1-2-7(6)18(16,17)4-8(14)13-9(12)15/h1-3H,4,11H2,(H3,12,13,14,15). The van der Waals surface area contributed by atoms with E-state index in [1.165, 1.54) is 18.2 Å². The molecule has 7 nitrogen and oxygen atoms in total. The molecular weight excluding hydrogens is 326 g/mol. The van der Waals surface area contributed by atoms with Gasteiger partial charge in [-0.2, -0.15) is 0 Å². The van der Waals surface area contributed by atoms with Crippen molar-refractivity contribution in [3.05, 3.63) is 22.7 Å². The minimum Gasteiger partial charge on any atom is -0.399 e. The predicted molar refractivity (Wildman–Crippen MR) is 68.3 cm³/mol. The Morgan fingerprint density at radius 2 is 1.94 bits per heavy atom. The normalized spacial score (nSPS) is 10.9. The Labute approximate surface area is 112 Å². The summed E-state index contributed by atoms with van der Waals surface area (Å²) in [6, 6.07) is 2.96. The second-order valence-corrected chi connectivity index (χ2v) is 6.17. The van der Waals surface area contributed by atoms with Crippen LogP contribution in [0.3, 0.4) is 0 Å². The molecule has 1 aromatic rings. The van der Waals surface area contributed by atoms with Gasteiger partial charge < -0.3 is 11.5 Å². The van der Waals surface area contributed by atoms with Crippen LogP contribution in [0, 0.1) is 0 Å². The van der Waals surface area contributed by atoms with Crippen LogP contribution in [0.15, 0.2) is 27.6 Å². The van der Waals surface area contributed by atoms with Crippen LogP contribution >= 0.6 is 15.9 Å². The average molecular weight is 336 g/mol. The number of carbonyl (C=O) groups excluding carboxylic acids is 2. The van der Waals surface area contributed by atoms with E-state index in [0.717, 1.165) is 0 Å². The van der Waals surface area contributed by atoms with Crippen molar-refractivity contribution in [2.45, 2.75) is 4.90 Å². The van der Waals surface area contributed by atoms with Crippen LogP contribution < -0.4 is 16.8 Å². The van der Waals surface area contributed by atoms with Gasteiger partial charge in [0.25, 0.3) is 0 Å². The Bertz CT molecular complexity index is 600. The molecule has 1 aromatic carbocycles. The molecule has 3 amide bonds. The lowest BCUT2D eigenvalue weighted by atomic mass is 10.3. The van der Waals surface area contributed by atoms with Gasteiger partial charge in [-0.3, -0.25) is 10.1 Å². The van der Waals surface area contributed by atoms with E-state index in [2.05, 4.69) is 15.9 Å². The number of nitrogens with two attached hydrogens (primary N) is 2. The van der Waals surface area contributed by atoms with Gasteiger partial charge in [0, 0.05) is 10.2 Å². The number of rotatable bonds is 3. The van der Waals surface area contributed by atoms with E-state index in [0.29, 0.717) is 5.69 Å². The zero-order valence-corrected chi connectivity index (χ0v) is 11.4. The van der Waals surface area contributed by atoms with Crippen LogP contribution in [0.2, 0.25) is 0 Å². The molecule has 0 heterocycles. The molecule has 5 N–H and O–H groups in total. The first-order chi connectivity index (χ1) is 8.22. The topological polar surface area (TPSA) is 132 Å². The minimum atomic E-state index is -3.87. The number of hydrogen-bond donors (Lipinski definition) is 3. The molecular formula is C9H10BrN3O4S. The van der Waals surface area contributed by atoms with Gasteiger partial charge in [-0.15, -0.1) is 0 Å². The molecule has 0 saturated carbocycles. The van der Waals surface area contributed by atoms with Crippen LogP contribution in [0.25, 0.3) is 0 Å². The summed E-state index contributed by atoms with van der Waals surface area (Å²) < 4.78 is 24.0. The Morgan fingerprint density at radius 3 is 2.44 bits per heavy atom. The first-order valence-electron chi connectivity index (χ1n) is 4.59. The molecule has 0 saturated heterocycles. The molecule has 0 aliphatic carbocycles. The average Bonchev–Trinajstić information content (AvgIpc) is 2.13. The molecule has 0 spiro atoms. The van der Waals surface area contributed by atoms with Gasteiger partial charge in [-0.05, 0) is 34.1 Å². The van der Waals surface area contributed by atoms with E-state index in [1.807, 2.05) is 0 Å². The number of imide groups is 1. The third kappa shape index (κ3) is 3.70. The number of carbonyl (C=O) groups is 2. The molecule has 18 heavy (non-hydrogen) atoms. The Hall–Kier alpha value is -1.61. The van der Waals surface area contributed by atoms with E-state index in [4.69, 9.17) is 11.5 Å². The van der Waals surface area contributed by atoms with Crippen LogP contribution in [-0.2, 0) is 14.6 Å². The number of amides is 3. The number of primary amides is 1. The fourth-order valence-electron chi connectivity index (χ4n) is 1.19. The molecule has 0 fully saturated rings. The monoisotopic (exact) mass is 335 g/mol. The largest absolute Gasteiger partial charge is 0.399 e. The number of sulfone groups is 1. The second kappa shape index (κ2) is 5.36. The third-order valence-corrected chi connectivity index (χ3v) is 4.46. The summed E-state index contributed by atoms with van der Waals surface area (Å²) in [4.78, 5) is 21.5. The second-order valence-electron chi connectivity index (χ2n) is 3.36. The summed E-state index contributed by atoms with van der Waals surface area (Å²) in [6.45, 7) is 0. The summed E-state index contributed by atoms with van der Waals surface area (Å²) in [5.74, 6) is -1.87. The maximum Gasteiger partial charge on any atom is 0.318 e. The van der Waals surface area contributed by atoms with Crippen molar-refractivity contribution in [3.8, 4) is 0 Å². The summed E-state index contributed by atoms with van der Waals surface area (Å²) in [5.41, 5.74) is 10.6. The van der Waals surface area contributed by atoms with Crippen molar-refractivity contribution in [3.63, 3.8) is 0 Å². The Balaban J connectivity index is 3.00. The summed E-state index contributed by atoms with van der Waals surface area (Å²) >= 11 is 3.04. The molecule has 0 atom stereocenters. The van der Waals surface area contributed by atoms with E-state index in [9.17, 15) is 18.0 Å². The maximum atomic E-state index is 11.9. The SMILES string of the molecule is NC(=O)NC(=O)CS(=O)(=O)c1ccc(N)cc1Br. The number of urea groups is 1. The highest BCUT2D eigenvalue weighted by Crippen LogP contribution is 2.25. The third-order valence-electron chi connectivity index (χ3n) is 1.87. The van der Waals surface area contributed by atoms with Crippen LogP contribution in [0.1, 0.15) is 0 Å². The van der Waals surface area contributed by atoms with Crippen molar-refractivity contribution in [1.29, 1.82) is 0 Å². The summed E-state index contributed by atoms with van der Waals surface area (Å²) in [6.07, 6.45) is 0. The van der Waals surface area contributed by atoms with Gasteiger partial charge in [0.15, 0.2) is 9.84 Å². The fraction of sp³-hybridized carbons (Fsp3) is 0.111. The number of benzene rings is 1. The number of nitrogen functional groups attached to an aromatic ring is 1. The molecule has 98 valence electrons. The molecule has 1 rings (SSSR count). The highest BCUT2D eigenvalue weighted by Gasteiger charge is 2.22. The van der Waals surface area contributed by atoms with Crippen molar-refractivity contribution < 1.29 is 18.0 Å². The van der Waals surface area contributed by atoms with Gasteiger partial charge >= 0.3 is 6.03 Å². The van der Waals surface area contributed by atoms with E-state index < -0.39 is 27.5 Å². The summed E-state index contributed by atoms with van der Waals surface area (Å²) in [7, 11) is -3.87. The van der Waals surface area contributed by atoms with Crippen molar-refractivity contribution in [2.24, 2.45) is 5.73 Å². The van der Waals surface area contributed by atoms with Crippen LogP contribution in [0.5, 0.6) is 0 Å². The van der Waals surface area contributed by atoms with E-state index in [1.54, 1.807) is 5.32 Å². The number of hydrogen-bond acceptors (Lipinski definition) is 5. The van der Waals surface area contributed by atoms with Crippen molar-refractivity contribution in [2.75, 3.05) is 11.5 Å². The zero-order chi connectivity index (χ0) is 13.9. The van der Waals surface area contributed by atoms with Crippen molar-refractivity contribution in [1.82, 2.24) is 5.32 Å². The van der Waals surface area contributed by atoms with E-state index in [-0.39, 0.29) is 9.37 Å². The number of halogens is 1. The predicted octanol–water partition coefficient (Wildman–Crippen LogP) is -0.0001000. The first-order valence-corrected chi connectivity index (χ1v) is 7.04. The Morgan fingerprint density at radius 1 is 1.33 bits per heavy atom. The lowest BCUT2D eigenvalue weighted by molar-refractivity contribution is -0.117. The lowest BCUT2D eigenvalue weighted by Crippen LogP contribution is -2.38. The highest BCUT2D eigenvalue weighted by molar-refractivity contribution is 9.10.